The van der Waals surface area contributed by atoms with Crippen molar-refractivity contribution < 1.29 is 0 Å². The average molecular weight is 361 g/mol. The summed E-state index contributed by atoms with van der Waals surface area (Å²) in [5.74, 6) is 0. The molecule has 0 radical (unpaired) electrons. The minimum Gasteiger partial charge on any atom is -0.285 e. The Labute approximate surface area is 153 Å². The molecule has 128 valence electrons. The van der Waals surface area contributed by atoms with Crippen LogP contribution in [0.15, 0.2) is 34.4 Å². The van der Waals surface area contributed by atoms with Gasteiger partial charge in [-0.25, -0.2) is 9.67 Å². The van der Waals surface area contributed by atoms with Crippen LogP contribution in [0.25, 0.3) is 16.7 Å². The summed E-state index contributed by atoms with van der Waals surface area (Å²) in [6.45, 7) is 0. The van der Waals surface area contributed by atoms with E-state index in [0.29, 0.717) is 5.56 Å². The number of aromatic nitrogens is 6. The summed E-state index contributed by atoms with van der Waals surface area (Å²) in [6, 6.07) is 10.4. The molecule has 0 unspecified atom stereocenters. The molecule has 0 N–H and O–H groups in total. The van der Waals surface area contributed by atoms with Gasteiger partial charge in [-0.05, 0) is 71.1 Å². The topological polar surface area (TPSA) is 84.7 Å². The third-order valence-electron chi connectivity index (χ3n) is 4.90. The maximum atomic E-state index is 9.86. The van der Waals surface area contributed by atoms with E-state index in [9.17, 15) is 5.26 Å². The first-order valence-corrected chi connectivity index (χ1v) is 9.35. The molecule has 1 aliphatic carbocycles. The lowest BCUT2D eigenvalue weighted by molar-refractivity contribution is 0.656. The third-order valence-corrected chi connectivity index (χ3v) is 6.05. The number of nitriles is 1. The molecule has 0 bridgehead atoms. The number of hydrogen-bond acceptors (Lipinski definition) is 6. The summed E-state index contributed by atoms with van der Waals surface area (Å²) in [5, 5.41) is 23.5. The first-order valence-electron chi connectivity index (χ1n) is 8.53. The molecule has 3 heterocycles. The van der Waals surface area contributed by atoms with Crippen LogP contribution in [0.1, 0.15) is 29.5 Å². The first kappa shape index (κ1) is 15.3. The second-order valence-corrected chi connectivity index (χ2v) is 7.36. The van der Waals surface area contributed by atoms with Crippen LogP contribution in [-0.2, 0) is 19.9 Å². The minimum absolute atomic E-state index is 0.705. The van der Waals surface area contributed by atoms with Gasteiger partial charge in [0.15, 0.2) is 5.65 Å². The lowest BCUT2D eigenvalue weighted by Gasteiger charge is -2.21. The SMILES string of the molecule is Cn1nnnc1Sc1c2c(c(C#N)c3nc4ccccc4n13)CCCC2. The van der Waals surface area contributed by atoms with Gasteiger partial charge in [-0.2, -0.15) is 5.26 Å². The van der Waals surface area contributed by atoms with E-state index >= 15 is 0 Å². The summed E-state index contributed by atoms with van der Waals surface area (Å²) in [6.07, 6.45) is 4.11. The molecule has 0 atom stereocenters. The lowest BCUT2D eigenvalue weighted by Crippen LogP contribution is -2.11. The molecule has 1 aliphatic rings. The molecule has 4 aromatic rings. The molecular weight excluding hydrogens is 346 g/mol. The Morgan fingerprint density at radius 2 is 1.96 bits per heavy atom. The normalized spacial score (nSPS) is 13.8. The zero-order valence-electron chi connectivity index (χ0n) is 14.2. The number of fused-ring (bicyclic) bond motifs is 4. The van der Waals surface area contributed by atoms with Crippen LogP contribution in [0.5, 0.6) is 0 Å². The molecule has 0 saturated carbocycles. The number of benzene rings is 1. The maximum absolute atomic E-state index is 9.86. The van der Waals surface area contributed by atoms with Gasteiger partial charge in [0, 0.05) is 7.05 Å². The first-order chi connectivity index (χ1) is 12.8. The fourth-order valence-corrected chi connectivity index (χ4v) is 4.75. The van der Waals surface area contributed by atoms with Gasteiger partial charge in [-0.3, -0.25) is 4.40 Å². The Balaban J connectivity index is 1.92. The summed E-state index contributed by atoms with van der Waals surface area (Å²) < 4.78 is 3.78. The van der Waals surface area contributed by atoms with Crippen LogP contribution in [0, 0.1) is 11.3 Å². The molecule has 0 saturated heterocycles. The van der Waals surface area contributed by atoms with E-state index in [4.69, 9.17) is 4.98 Å². The zero-order valence-corrected chi connectivity index (χ0v) is 15.0. The Morgan fingerprint density at radius 1 is 1.15 bits per heavy atom. The van der Waals surface area contributed by atoms with Crippen molar-refractivity contribution in [1.29, 1.82) is 5.26 Å². The van der Waals surface area contributed by atoms with Crippen LogP contribution in [0.3, 0.4) is 0 Å². The van der Waals surface area contributed by atoms with Gasteiger partial charge in [-0.1, -0.05) is 12.1 Å². The maximum Gasteiger partial charge on any atom is 0.215 e. The standard InChI is InChI=1S/C18H15N7S/c1-24-18(21-22-23-24)26-17-12-7-3-2-6-11(12)13(10-19)16-20-14-8-4-5-9-15(14)25(16)17/h4-5,8-9H,2-3,6-7H2,1H3. The van der Waals surface area contributed by atoms with Crippen molar-refractivity contribution in [3.05, 3.63) is 41.0 Å². The molecule has 0 amide bonds. The molecule has 0 spiro atoms. The molecule has 7 nitrogen and oxygen atoms in total. The number of tetrazole rings is 1. The van der Waals surface area contributed by atoms with Crippen LogP contribution < -0.4 is 0 Å². The number of imidazole rings is 1. The van der Waals surface area contributed by atoms with Crippen LogP contribution in [0.4, 0.5) is 0 Å². The number of hydrogen-bond donors (Lipinski definition) is 0. The number of aryl methyl sites for hydroxylation is 1. The molecule has 5 rings (SSSR count). The van der Waals surface area contributed by atoms with Crippen LogP contribution in [0.2, 0.25) is 0 Å². The van der Waals surface area contributed by atoms with Crippen molar-refractivity contribution in [2.24, 2.45) is 7.05 Å². The zero-order chi connectivity index (χ0) is 17.7. The second kappa shape index (κ2) is 5.81. The highest BCUT2D eigenvalue weighted by atomic mass is 32.2. The van der Waals surface area contributed by atoms with Gasteiger partial charge >= 0.3 is 0 Å². The summed E-state index contributed by atoms with van der Waals surface area (Å²) in [5.41, 5.74) is 5.70. The predicted octanol–water partition coefficient (Wildman–Crippen LogP) is 2.91. The molecule has 0 aliphatic heterocycles. The third kappa shape index (κ3) is 2.14. The van der Waals surface area contributed by atoms with Crippen molar-refractivity contribution in [1.82, 2.24) is 29.6 Å². The highest BCUT2D eigenvalue weighted by Crippen LogP contribution is 2.39. The molecular formula is C18H15N7S. The van der Waals surface area contributed by atoms with Crippen LogP contribution >= 0.6 is 11.8 Å². The second-order valence-electron chi connectivity index (χ2n) is 6.40. The molecule has 26 heavy (non-hydrogen) atoms. The smallest absolute Gasteiger partial charge is 0.215 e. The van der Waals surface area contributed by atoms with Crippen molar-refractivity contribution >= 4 is 28.4 Å². The number of nitrogens with zero attached hydrogens (tertiary/aromatic N) is 7. The Bertz CT molecular complexity index is 1200. The van der Waals surface area contributed by atoms with Crippen LogP contribution in [-0.4, -0.2) is 29.6 Å². The van der Waals surface area contributed by atoms with E-state index in [0.717, 1.165) is 58.1 Å². The highest BCUT2D eigenvalue weighted by Gasteiger charge is 2.25. The molecule has 8 heteroatoms. The Hall–Kier alpha value is -2.92. The molecule has 1 aromatic carbocycles. The quantitative estimate of drug-likeness (QED) is 0.546. The highest BCUT2D eigenvalue weighted by molar-refractivity contribution is 7.99. The fraction of sp³-hybridized carbons (Fsp3) is 0.278. The van der Waals surface area contributed by atoms with Crippen molar-refractivity contribution in [2.45, 2.75) is 35.9 Å². The van der Waals surface area contributed by atoms with Gasteiger partial charge < -0.3 is 0 Å². The van der Waals surface area contributed by atoms with Crippen molar-refractivity contribution in [3.63, 3.8) is 0 Å². The Morgan fingerprint density at radius 3 is 2.73 bits per heavy atom. The summed E-state index contributed by atoms with van der Waals surface area (Å²) in [4.78, 5) is 4.78. The van der Waals surface area contributed by atoms with E-state index in [-0.39, 0.29) is 0 Å². The monoisotopic (exact) mass is 361 g/mol. The van der Waals surface area contributed by atoms with Gasteiger partial charge in [-0.15, -0.1) is 5.10 Å². The van der Waals surface area contributed by atoms with E-state index in [2.05, 4.69) is 26.0 Å². The predicted molar refractivity (Wildman–Crippen MR) is 97.0 cm³/mol. The van der Waals surface area contributed by atoms with E-state index < -0.39 is 0 Å². The van der Waals surface area contributed by atoms with Gasteiger partial charge in [0.25, 0.3) is 0 Å². The molecule has 0 fully saturated rings. The van der Waals surface area contributed by atoms with Crippen molar-refractivity contribution in [3.8, 4) is 6.07 Å². The largest absolute Gasteiger partial charge is 0.285 e. The van der Waals surface area contributed by atoms with Gasteiger partial charge in [0.2, 0.25) is 5.16 Å². The Kier molecular flexibility index (Phi) is 3.43. The lowest BCUT2D eigenvalue weighted by atomic mass is 9.90. The number of pyridine rings is 1. The van der Waals surface area contributed by atoms with E-state index in [1.165, 1.54) is 5.56 Å². The van der Waals surface area contributed by atoms with E-state index in [1.54, 1.807) is 16.4 Å². The number of para-hydroxylation sites is 2. The minimum atomic E-state index is 0.705. The molecule has 3 aromatic heterocycles. The van der Waals surface area contributed by atoms with Crippen molar-refractivity contribution in [2.75, 3.05) is 0 Å². The van der Waals surface area contributed by atoms with Gasteiger partial charge in [0.1, 0.15) is 6.07 Å². The summed E-state index contributed by atoms with van der Waals surface area (Å²) >= 11 is 1.54. The number of rotatable bonds is 2. The summed E-state index contributed by atoms with van der Waals surface area (Å²) in [7, 11) is 1.83. The fourth-order valence-electron chi connectivity index (χ4n) is 3.71. The van der Waals surface area contributed by atoms with E-state index in [1.807, 2.05) is 31.3 Å². The average Bonchev–Trinajstić information content (AvgIpc) is 3.25. The van der Waals surface area contributed by atoms with Gasteiger partial charge in [0.05, 0.1) is 21.6 Å².